The van der Waals surface area contributed by atoms with Crippen molar-refractivity contribution in [2.45, 2.75) is 6.92 Å². The predicted octanol–water partition coefficient (Wildman–Crippen LogP) is 1.60. The fraction of sp³-hybridized carbons (Fsp3) is 0.417. The van der Waals surface area contributed by atoms with Gasteiger partial charge in [-0.05, 0) is 24.6 Å². The summed E-state index contributed by atoms with van der Waals surface area (Å²) in [6.45, 7) is 3.66. The number of nitrogens with zero attached hydrogens (tertiary/aromatic N) is 1. The van der Waals surface area contributed by atoms with E-state index in [1.54, 1.807) is 4.90 Å². The maximum Gasteiger partial charge on any atom is 0.232 e. The van der Waals surface area contributed by atoms with Crippen molar-refractivity contribution in [3.05, 3.63) is 29.8 Å². The molecule has 4 heteroatoms. The first-order valence-electron chi connectivity index (χ1n) is 5.23. The van der Waals surface area contributed by atoms with Crippen molar-refractivity contribution in [3.8, 4) is 0 Å². The summed E-state index contributed by atoms with van der Waals surface area (Å²) in [4.78, 5) is 13.7. The second-order valence-corrected chi connectivity index (χ2v) is 4.09. The Morgan fingerprint density at radius 2 is 2.12 bits per heavy atom. The van der Waals surface area contributed by atoms with Gasteiger partial charge in [-0.3, -0.25) is 4.79 Å². The molecular weight excluding hydrogens is 224 g/mol. The Balaban J connectivity index is 0.00000128. The summed E-state index contributed by atoms with van der Waals surface area (Å²) in [6.07, 6.45) is 0. The van der Waals surface area contributed by atoms with Gasteiger partial charge in [-0.15, -0.1) is 12.4 Å². The minimum absolute atomic E-state index is 0. The molecule has 0 spiro atoms. The van der Waals surface area contributed by atoms with Crippen LogP contribution in [0.3, 0.4) is 0 Å². The lowest BCUT2D eigenvalue weighted by Gasteiger charge is -2.30. The molecule has 2 rings (SSSR count). The molecule has 1 aromatic carbocycles. The Morgan fingerprint density at radius 3 is 2.62 bits per heavy atom. The van der Waals surface area contributed by atoms with Gasteiger partial charge in [0, 0.05) is 25.8 Å². The van der Waals surface area contributed by atoms with Gasteiger partial charge in [-0.25, -0.2) is 0 Å². The zero-order valence-electron chi connectivity index (χ0n) is 9.56. The van der Waals surface area contributed by atoms with E-state index in [0.29, 0.717) is 0 Å². The molecule has 16 heavy (non-hydrogen) atoms. The number of halogens is 1. The average Bonchev–Trinajstić information content (AvgIpc) is 2.14. The van der Waals surface area contributed by atoms with Crippen LogP contribution < -0.4 is 10.2 Å². The van der Waals surface area contributed by atoms with Crippen molar-refractivity contribution in [2.24, 2.45) is 5.92 Å². The minimum atomic E-state index is 0. The lowest BCUT2D eigenvalue weighted by atomic mass is 10.0. The van der Waals surface area contributed by atoms with Crippen LogP contribution in [0, 0.1) is 12.8 Å². The largest absolute Gasteiger partial charge is 0.315 e. The van der Waals surface area contributed by atoms with Gasteiger partial charge in [-0.2, -0.15) is 0 Å². The third-order valence-corrected chi connectivity index (χ3v) is 2.85. The van der Waals surface area contributed by atoms with E-state index in [4.69, 9.17) is 0 Å². The lowest BCUT2D eigenvalue weighted by molar-refractivity contribution is -0.123. The first-order valence-corrected chi connectivity index (χ1v) is 5.23. The van der Waals surface area contributed by atoms with E-state index >= 15 is 0 Å². The second-order valence-electron chi connectivity index (χ2n) is 4.09. The van der Waals surface area contributed by atoms with E-state index in [1.807, 2.05) is 38.2 Å². The van der Waals surface area contributed by atoms with Crippen LogP contribution in [0.15, 0.2) is 24.3 Å². The highest BCUT2D eigenvalue weighted by molar-refractivity contribution is 5.95. The van der Waals surface area contributed by atoms with Crippen LogP contribution in [0.2, 0.25) is 0 Å². The van der Waals surface area contributed by atoms with E-state index in [2.05, 4.69) is 5.32 Å². The average molecular weight is 241 g/mol. The van der Waals surface area contributed by atoms with Crippen molar-refractivity contribution >= 4 is 24.0 Å². The first-order chi connectivity index (χ1) is 7.18. The van der Waals surface area contributed by atoms with Crippen molar-refractivity contribution in [1.82, 2.24) is 5.32 Å². The van der Waals surface area contributed by atoms with Crippen LogP contribution in [-0.2, 0) is 4.79 Å². The predicted molar refractivity (Wildman–Crippen MR) is 68.2 cm³/mol. The molecule has 0 saturated carbocycles. The fourth-order valence-electron chi connectivity index (χ4n) is 1.70. The summed E-state index contributed by atoms with van der Waals surface area (Å²) in [6, 6.07) is 8.02. The van der Waals surface area contributed by atoms with Gasteiger partial charge in [-0.1, -0.05) is 12.1 Å². The van der Waals surface area contributed by atoms with Gasteiger partial charge in [0.15, 0.2) is 0 Å². The number of amides is 1. The zero-order chi connectivity index (χ0) is 10.8. The molecule has 0 bridgehead atoms. The minimum Gasteiger partial charge on any atom is -0.315 e. The van der Waals surface area contributed by atoms with Gasteiger partial charge in [0.1, 0.15) is 0 Å². The summed E-state index contributed by atoms with van der Waals surface area (Å²) in [7, 11) is 1.84. The second kappa shape index (κ2) is 5.32. The number of benzene rings is 1. The summed E-state index contributed by atoms with van der Waals surface area (Å²) in [5.41, 5.74) is 2.16. The molecule has 1 aliphatic heterocycles. The topological polar surface area (TPSA) is 32.3 Å². The summed E-state index contributed by atoms with van der Waals surface area (Å²) in [5, 5.41) is 3.11. The quantitative estimate of drug-likeness (QED) is 0.852. The summed E-state index contributed by atoms with van der Waals surface area (Å²) >= 11 is 0. The van der Waals surface area contributed by atoms with Gasteiger partial charge < -0.3 is 10.2 Å². The maximum atomic E-state index is 11.9. The molecule has 1 aromatic rings. The standard InChI is InChI=1S/C12H16N2O.ClH/c1-9-4-3-5-11(6-9)14(2)12(15)10-7-13-8-10;/h3-6,10,13H,7-8H2,1-2H3;1H. The van der Waals surface area contributed by atoms with Crippen LogP contribution in [0.5, 0.6) is 0 Å². The Morgan fingerprint density at radius 1 is 1.44 bits per heavy atom. The fourth-order valence-corrected chi connectivity index (χ4v) is 1.70. The Kier molecular flexibility index (Phi) is 4.33. The van der Waals surface area contributed by atoms with E-state index < -0.39 is 0 Å². The first kappa shape index (κ1) is 13.0. The van der Waals surface area contributed by atoms with Gasteiger partial charge in [0.2, 0.25) is 5.91 Å². The molecule has 88 valence electrons. The molecule has 0 radical (unpaired) electrons. The summed E-state index contributed by atoms with van der Waals surface area (Å²) < 4.78 is 0. The molecule has 0 aliphatic carbocycles. The number of hydrogen-bond acceptors (Lipinski definition) is 2. The molecule has 1 saturated heterocycles. The lowest BCUT2D eigenvalue weighted by Crippen LogP contribution is -2.51. The smallest absolute Gasteiger partial charge is 0.232 e. The number of anilines is 1. The van der Waals surface area contributed by atoms with Crippen LogP contribution in [0.1, 0.15) is 5.56 Å². The van der Waals surface area contributed by atoms with Gasteiger partial charge in [0.05, 0.1) is 5.92 Å². The number of aryl methyl sites for hydroxylation is 1. The Hall–Kier alpha value is -1.06. The molecule has 0 unspecified atom stereocenters. The molecule has 1 heterocycles. The highest BCUT2D eigenvalue weighted by atomic mass is 35.5. The van der Waals surface area contributed by atoms with Gasteiger partial charge >= 0.3 is 0 Å². The highest BCUT2D eigenvalue weighted by Gasteiger charge is 2.27. The van der Waals surface area contributed by atoms with Gasteiger partial charge in [0.25, 0.3) is 0 Å². The van der Waals surface area contributed by atoms with Crippen molar-refractivity contribution in [2.75, 3.05) is 25.0 Å². The van der Waals surface area contributed by atoms with Crippen LogP contribution >= 0.6 is 12.4 Å². The number of carbonyl (C=O) groups is 1. The molecule has 1 N–H and O–H groups in total. The van der Waals surface area contributed by atoms with E-state index in [-0.39, 0.29) is 24.2 Å². The van der Waals surface area contributed by atoms with E-state index in [9.17, 15) is 4.79 Å². The highest BCUT2D eigenvalue weighted by Crippen LogP contribution is 2.17. The number of rotatable bonds is 2. The number of nitrogens with one attached hydrogen (secondary N) is 1. The molecule has 1 fully saturated rings. The molecule has 0 aromatic heterocycles. The van der Waals surface area contributed by atoms with E-state index in [0.717, 1.165) is 18.8 Å². The third kappa shape index (κ3) is 2.54. The Bertz CT molecular complexity index is 377. The summed E-state index contributed by atoms with van der Waals surface area (Å²) in [5.74, 6) is 0.370. The van der Waals surface area contributed by atoms with Crippen LogP contribution in [0.25, 0.3) is 0 Å². The van der Waals surface area contributed by atoms with Crippen molar-refractivity contribution < 1.29 is 4.79 Å². The molecular formula is C12H17ClN2O. The SMILES string of the molecule is Cc1cccc(N(C)C(=O)C2CNC2)c1.Cl. The maximum absolute atomic E-state index is 11.9. The normalized spacial score (nSPS) is 14.9. The van der Waals surface area contributed by atoms with E-state index in [1.165, 1.54) is 5.56 Å². The monoisotopic (exact) mass is 240 g/mol. The number of carbonyl (C=O) groups excluding carboxylic acids is 1. The zero-order valence-corrected chi connectivity index (χ0v) is 10.4. The Labute approximate surface area is 102 Å². The van der Waals surface area contributed by atoms with Crippen molar-refractivity contribution in [3.63, 3.8) is 0 Å². The molecule has 1 amide bonds. The number of hydrogen-bond donors (Lipinski definition) is 1. The van der Waals surface area contributed by atoms with Crippen molar-refractivity contribution in [1.29, 1.82) is 0 Å². The van der Waals surface area contributed by atoms with Crippen LogP contribution in [-0.4, -0.2) is 26.0 Å². The molecule has 0 atom stereocenters. The van der Waals surface area contributed by atoms with Crippen LogP contribution in [0.4, 0.5) is 5.69 Å². The molecule has 3 nitrogen and oxygen atoms in total. The third-order valence-electron chi connectivity index (χ3n) is 2.85. The molecule has 1 aliphatic rings.